The fourth-order valence-corrected chi connectivity index (χ4v) is 0.994. The van der Waals surface area contributed by atoms with Crippen LogP contribution >= 0.6 is 0 Å². The molecule has 74 valence electrons. The Bertz CT molecular complexity index is 178. The molecular weight excluding hydrogens is 172 g/mol. The third-order valence-corrected chi connectivity index (χ3v) is 1.60. The summed E-state index contributed by atoms with van der Waals surface area (Å²) in [5.41, 5.74) is 0. The highest BCUT2D eigenvalue weighted by molar-refractivity contribution is 5.59. The highest BCUT2D eigenvalue weighted by Gasteiger charge is 2.14. The summed E-state index contributed by atoms with van der Waals surface area (Å²) in [4.78, 5) is 15.8. The molecule has 1 N–H and O–H groups in total. The van der Waals surface area contributed by atoms with Gasteiger partial charge in [0.05, 0.1) is 0 Å². The number of carbonyl (C=O) groups is 1. The Balaban J connectivity index is 2.14. The van der Waals surface area contributed by atoms with Gasteiger partial charge in [-0.25, -0.2) is 4.79 Å². The molecule has 0 saturated carbocycles. The van der Waals surface area contributed by atoms with Gasteiger partial charge in [0.1, 0.15) is 6.61 Å². The van der Waals surface area contributed by atoms with Crippen molar-refractivity contribution in [3.8, 4) is 0 Å². The highest BCUT2D eigenvalue weighted by Crippen LogP contribution is 1.96. The lowest BCUT2D eigenvalue weighted by Crippen LogP contribution is -2.44. The number of nitrogens with one attached hydrogen (secondary N) is 1. The lowest BCUT2D eigenvalue weighted by Gasteiger charge is -2.24. The molecular formula is C8H14N2O3. The van der Waals surface area contributed by atoms with Crippen LogP contribution in [0, 0.1) is 0 Å². The van der Waals surface area contributed by atoms with E-state index in [1.807, 2.05) is 0 Å². The third kappa shape index (κ3) is 3.91. The molecule has 0 aromatic carbocycles. The summed E-state index contributed by atoms with van der Waals surface area (Å²) >= 11 is 0. The van der Waals surface area contributed by atoms with Gasteiger partial charge in [-0.1, -0.05) is 12.7 Å². The van der Waals surface area contributed by atoms with E-state index < -0.39 is 6.16 Å². The first kappa shape index (κ1) is 10.0. The molecule has 0 bridgehead atoms. The second-order valence-corrected chi connectivity index (χ2v) is 2.62. The van der Waals surface area contributed by atoms with E-state index >= 15 is 0 Å². The fraction of sp³-hybridized carbons (Fsp3) is 0.625. The molecule has 0 aromatic heterocycles. The molecule has 0 unspecified atom stereocenters. The maximum Gasteiger partial charge on any atom is 0.528 e. The van der Waals surface area contributed by atoms with Gasteiger partial charge >= 0.3 is 6.16 Å². The number of carbonyl (C=O) groups excluding carboxylic acids is 1. The number of ether oxygens (including phenoxy) is 1. The van der Waals surface area contributed by atoms with Gasteiger partial charge in [-0.05, 0) is 0 Å². The maximum absolute atomic E-state index is 10.9. The first-order valence-electron chi connectivity index (χ1n) is 4.24. The molecule has 5 heteroatoms. The Morgan fingerprint density at radius 3 is 2.85 bits per heavy atom. The third-order valence-electron chi connectivity index (χ3n) is 1.60. The van der Waals surface area contributed by atoms with Gasteiger partial charge in [-0.2, -0.15) is 0 Å². The molecule has 0 spiro atoms. The van der Waals surface area contributed by atoms with Crippen LogP contribution in [0.5, 0.6) is 0 Å². The summed E-state index contributed by atoms with van der Waals surface area (Å²) in [6.07, 6.45) is 0.834. The Hall–Kier alpha value is -1.07. The van der Waals surface area contributed by atoms with Crippen LogP contribution in [0.1, 0.15) is 0 Å². The van der Waals surface area contributed by atoms with Gasteiger partial charge in [0.25, 0.3) is 0 Å². The number of piperazine rings is 1. The van der Waals surface area contributed by atoms with Crippen LogP contribution in [0.15, 0.2) is 12.7 Å². The minimum Gasteiger partial charge on any atom is -0.429 e. The summed E-state index contributed by atoms with van der Waals surface area (Å²) in [6, 6.07) is 0. The van der Waals surface area contributed by atoms with Gasteiger partial charge in [0.15, 0.2) is 0 Å². The van der Waals surface area contributed by atoms with E-state index in [1.54, 1.807) is 5.06 Å². The average molecular weight is 186 g/mol. The average Bonchev–Trinajstić information content (AvgIpc) is 2.16. The summed E-state index contributed by atoms with van der Waals surface area (Å²) in [7, 11) is 0. The monoisotopic (exact) mass is 186 g/mol. The van der Waals surface area contributed by atoms with Gasteiger partial charge in [0, 0.05) is 26.2 Å². The van der Waals surface area contributed by atoms with Crippen molar-refractivity contribution in [2.75, 3.05) is 32.8 Å². The van der Waals surface area contributed by atoms with E-state index in [1.165, 1.54) is 6.08 Å². The Labute approximate surface area is 77.3 Å². The number of nitrogens with zero attached hydrogens (tertiary/aromatic N) is 1. The number of hydrogen-bond donors (Lipinski definition) is 1. The fourth-order valence-electron chi connectivity index (χ4n) is 0.994. The highest BCUT2D eigenvalue weighted by atomic mass is 16.8. The smallest absolute Gasteiger partial charge is 0.429 e. The molecule has 1 aliphatic rings. The van der Waals surface area contributed by atoms with Crippen LogP contribution < -0.4 is 5.32 Å². The van der Waals surface area contributed by atoms with Crippen molar-refractivity contribution in [2.45, 2.75) is 0 Å². The topological polar surface area (TPSA) is 50.8 Å². The Kier molecular flexibility index (Phi) is 4.28. The second kappa shape index (κ2) is 5.55. The van der Waals surface area contributed by atoms with Crippen LogP contribution in [0.4, 0.5) is 4.79 Å². The van der Waals surface area contributed by atoms with Crippen molar-refractivity contribution >= 4 is 6.16 Å². The van der Waals surface area contributed by atoms with Crippen LogP contribution in [0.2, 0.25) is 0 Å². The zero-order chi connectivity index (χ0) is 9.52. The van der Waals surface area contributed by atoms with Crippen LogP contribution in [0.25, 0.3) is 0 Å². The van der Waals surface area contributed by atoms with E-state index in [9.17, 15) is 4.79 Å². The molecule has 0 atom stereocenters. The van der Waals surface area contributed by atoms with Crippen molar-refractivity contribution in [1.29, 1.82) is 0 Å². The molecule has 13 heavy (non-hydrogen) atoms. The number of hydroxylamine groups is 2. The molecule has 1 rings (SSSR count). The second-order valence-electron chi connectivity index (χ2n) is 2.62. The van der Waals surface area contributed by atoms with E-state index in [4.69, 9.17) is 4.84 Å². The number of rotatable bonds is 3. The minimum absolute atomic E-state index is 0.185. The zero-order valence-electron chi connectivity index (χ0n) is 7.49. The minimum atomic E-state index is -0.665. The van der Waals surface area contributed by atoms with Gasteiger partial charge in [-0.3, -0.25) is 0 Å². The van der Waals surface area contributed by atoms with Gasteiger partial charge in [0.2, 0.25) is 0 Å². The quantitative estimate of drug-likeness (QED) is 0.502. The van der Waals surface area contributed by atoms with Gasteiger partial charge in [-0.15, -0.1) is 5.06 Å². The Morgan fingerprint density at radius 2 is 2.23 bits per heavy atom. The summed E-state index contributed by atoms with van der Waals surface area (Å²) in [5.74, 6) is 0. The molecule has 0 aromatic rings. The van der Waals surface area contributed by atoms with E-state index in [0.29, 0.717) is 13.1 Å². The molecule has 0 aliphatic carbocycles. The van der Waals surface area contributed by atoms with Crippen molar-refractivity contribution in [3.05, 3.63) is 12.7 Å². The molecule has 0 radical (unpaired) electrons. The normalized spacial score (nSPS) is 17.8. The molecule has 5 nitrogen and oxygen atoms in total. The largest absolute Gasteiger partial charge is 0.528 e. The lowest BCUT2D eigenvalue weighted by atomic mass is 10.4. The summed E-state index contributed by atoms with van der Waals surface area (Å²) in [6.45, 7) is 6.66. The van der Waals surface area contributed by atoms with E-state index in [0.717, 1.165) is 13.1 Å². The first-order chi connectivity index (χ1) is 6.33. The SMILES string of the molecule is C=CCOC(=O)ON1CCNCC1. The molecule has 0 amide bonds. The van der Waals surface area contributed by atoms with E-state index in [-0.39, 0.29) is 6.61 Å². The van der Waals surface area contributed by atoms with Crippen molar-refractivity contribution in [3.63, 3.8) is 0 Å². The van der Waals surface area contributed by atoms with Crippen LogP contribution in [0.3, 0.4) is 0 Å². The molecule has 1 saturated heterocycles. The predicted molar refractivity (Wildman–Crippen MR) is 47.1 cm³/mol. The lowest BCUT2D eigenvalue weighted by molar-refractivity contribution is -0.131. The maximum atomic E-state index is 10.9. The predicted octanol–water partition coefficient (Wildman–Crippen LogP) is 0.146. The summed E-state index contributed by atoms with van der Waals surface area (Å²) < 4.78 is 4.65. The molecule has 1 aliphatic heterocycles. The zero-order valence-corrected chi connectivity index (χ0v) is 7.49. The standard InChI is InChI=1S/C8H14N2O3/c1-2-7-12-8(11)13-10-5-3-9-4-6-10/h2,9H,1,3-7H2. The number of hydrogen-bond acceptors (Lipinski definition) is 5. The molecule has 1 heterocycles. The Morgan fingerprint density at radius 1 is 1.54 bits per heavy atom. The molecule has 1 fully saturated rings. The van der Waals surface area contributed by atoms with Gasteiger partial charge < -0.3 is 14.9 Å². The summed E-state index contributed by atoms with van der Waals surface area (Å²) in [5, 5.41) is 4.73. The van der Waals surface area contributed by atoms with Crippen LogP contribution in [-0.4, -0.2) is 44.0 Å². The van der Waals surface area contributed by atoms with Crippen LogP contribution in [-0.2, 0) is 9.57 Å². The first-order valence-corrected chi connectivity index (χ1v) is 4.24. The van der Waals surface area contributed by atoms with Crippen molar-refractivity contribution in [2.24, 2.45) is 0 Å². The van der Waals surface area contributed by atoms with Crippen molar-refractivity contribution in [1.82, 2.24) is 10.4 Å². The van der Waals surface area contributed by atoms with Crippen molar-refractivity contribution < 1.29 is 14.4 Å². The van der Waals surface area contributed by atoms with E-state index in [2.05, 4.69) is 16.6 Å².